The molecule has 1 atom stereocenters. The fourth-order valence-corrected chi connectivity index (χ4v) is 1.84. The van der Waals surface area contributed by atoms with Crippen molar-refractivity contribution in [3.63, 3.8) is 0 Å². The van der Waals surface area contributed by atoms with Gasteiger partial charge in [-0.25, -0.2) is 4.79 Å². The summed E-state index contributed by atoms with van der Waals surface area (Å²) >= 11 is 6.68. The van der Waals surface area contributed by atoms with Gasteiger partial charge in [-0.2, -0.15) is 0 Å². The van der Waals surface area contributed by atoms with Crippen LogP contribution in [0.2, 0.25) is 0 Å². The minimum atomic E-state index is -0.653. The van der Waals surface area contributed by atoms with E-state index in [1.165, 1.54) is 16.8 Å². The Kier molecular flexibility index (Phi) is 6.51. The zero-order chi connectivity index (χ0) is 14.3. The summed E-state index contributed by atoms with van der Waals surface area (Å²) in [4.78, 5) is 23.6. The quantitative estimate of drug-likeness (QED) is 0.684. The first kappa shape index (κ1) is 15.6. The number of rotatable bonds is 6. The highest BCUT2D eigenvalue weighted by Crippen LogP contribution is 2.10. The summed E-state index contributed by atoms with van der Waals surface area (Å²) in [6, 6.07) is -1.08. The van der Waals surface area contributed by atoms with E-state index >= 15 is 0 Å². The zero-order valence-corrected chi connectivity index (χ0v) is 12.2. The molecular weight excluding hydrogens is 290 g/mol. The van der Waals surface area contributed by atoms with Gasteiger partial charge in [-0.3, -0.25) is 10.1 Å². The van der Waals surface area contributed by atoms with Crippen molar-refractivity contribution in [2.75, 3.05) is 17.7 Å². The minimum Gasteiger partial charge on any atom is -0.337 e. The largest absolute Gasteiger partial charge is 0.337 e. The molecule has 1 heterocycles. The van der Waals surface area contributed by atoms with Gasteiger partial charge in [-0.15, -0.1) is 21.8 Å². The second-order valence-corrected chi connectivity index (χ2v) is 5.26. The van der Waals surface area contributed by atoms with Gasteiger partial charge < -0.3 is 10.6 Å². The van der Waals surface area contributed by atoms with Crippen molar-refractivity contribution < 1.29 is 9.59 Å². The summed E-state index contributed by atoms with van der Waals surface area (Å²) in [5, 5.41) is 15.5. The van der Waals surface area contributed by atoms with Crippen LogP contribution in [0, 0.1) is 5.92 Å². The minimum absolute atomic E-state index is 0.0605. The SMILES string of the molecule is CC(C)[C@H](NC(=O)NCCCl)C(=O)Nc1nncs1. The lowest BCUT2D eigenvalue weighted by molar-refractivity contribution is -0.118. The maximum Gasteiger partial charge on any atom is 0.315 e. The predicted octanol–water partition coefficient (Wildman–Crippen LogP) is 1.04. The van der Waals surface area contributed by atoms with Gasteiger partial charge in [0, 0.05) is 12.4 Å². The molecule has 0 fully saturated rings. The third-order valence-electron chi connectivity index (χ3n) is 2.21. The average Bonchev–Trinajstić information content (AvgIpc) is 2.85. The Balaban J connectivity index is 2.56. The molecular formula is C10H16ClN5O2S. The smallest absolute Gasteiger partial charge is 0.315 e. The van der Waals surface area contributed by atoms with Crippen LogP contribution in [0.4, 0.5) is 9.93 Å². The molecule has 1 rings (SSSR count). The summed E-state index contributed by atoms with van der Waals surface area (Å²) in [5.41, 5.74) is 1.51. The van der Waals surface area contributed by atoms with Crippen LogP contribution in [0.25, 0.3) is 0 Å². The Hall–Kier alpha value is -1.41. The molecule has 106 valence electrons. The van der Waals surface area contributed by atoms with Crippen LogP contribution < -0.4 is 16.0 Å². The van der Waals surface area contributed by atoms with Crippen molar-refractivity contribution in [2.24, 2.45) is 5.92 Å². The Morgan fingerprint density at radius 1 is 1.47 bits per heavy atom. The van der Waals surface area contributed by atoms with E-state index in [0.717, 1.165) is 0 Å². The molecule has 0 aromatic carbocycles. The van der Waals surface area contributed by atoms with Gasteiger partial charge in [0.25, 0.3) is 0 Å². The second kappa shape index (κ2) is 7.90. The summed E-state index contributed by atoms with van der Waals surface area (Å²) in [5.74, 6) is -0.0704. The first-order valence-electron chi connectivity index (χ1n) is 5.72. The van der Waals surface area contributed by atoms with Crippen molar-refractivity contribution in [3.8, 4) is 0 Å². The summed E-state index contributed by atoms with van der Waals surface area (Å²) in [6.45, 7) is 4.02. The summed E-state index contributed by atoms with van der Waals surface area (Å²) in [6.07, 6.45) is 0. The Morgan fingerprint density at radius 3 is 2.74 bits per heavy atom. The van der Waals surface area contributed by atoms with E-state index in [9.17, 15) is 9.59 Å². The van der Waals surface area contributed by atoms with Gasteiger partial charge in [0.15, 0.2) is 0 Å². The number of anilines is 1. The van der Waals surface area contributed by atoms with E-state index in [1.807, 2.05) is 13.8 Å². The highest BCUT2D eigenvalue weighted by atomic mass is 35.5. The lowest BCUT2D eigenvalue weighted by Crippen LogP contribution is -2.50. The third-order valence-corrected chi connectivity index (χ3v) is 3.00. The van der Waals surface area contributed by atoms with Crippen LogP contribution in [0.3, 0.4) is 0 Å². The predicted molar refractivity (Wildman–Crippen MR) is 74.4 cm³/mol. The van der Waals surface area contributed by atoms with E-state index < -0.39 is 12.1 Å². The van der Waals surface area contributed by atoms with Crippen LogP contribution in [0.1, 0.15) is 13.8 Å². The van der Waals surface area contributed by atoms with Gasteiger partial charge >= 0.3 is 6.03 Å². The molecule has 1 aromatic heterocycles. The monoisotopic (exact) mass is 305 g/mol. The van der Waals surface area contributed by atoms with Crippen molar-refractivity contribution in [2.45, 2.75) is 19.9 Å². The van der Waals surface area contributed by atoms with Crippen LogP contribution in [0.5, 0.6) is 0 Å². The second-order valence-electron chi connectivity index (χ2n) is 4.04. The number of halogens is 1. The number of amides is 3. The summed E-state index contributed by atoms with van der Waals surface area (Å²) < 4.78 is 0. The number of nitrogens with one attached hydrogen (secondary N) is 3. The van der Waals surface area contributed by atoms with Gasteiger partial charge in [-0.05, 0) is 5.92 Å². The van der Waals surface area contributed by atoms with Gasteiger partial charge in [0.2, 0.25) is 11.0 Å². The molecule has 0 bridgehead atoms. The van der Waals surface area contributed by atoms with Crippen LogP contribution in [0.15, 0.2) is 5.51 Å². The van der Waals surface area contributed by atoms with E-state index in [2.05, 4.69) is 26.1 Å². The molecule has 3 amide bonds. The molecule has 0 radical (unpaired) electrons. The van der Waals surface area contributed by atoms with E-state index in [1.54, 1.807) is 0 Å². The van der Waals surface area contributed by atoms with Gasteiger partial charge in [0.1, 0.15) is 11.6 Å². The topological polar surface area (TPSA) is 96.0 Å². The average molecular weight is 306 g/mol. The molecule has 3 N–H and O–H groups in total. The number of aromatic nitrogens is 2. The molecule has 0 aliphatic heterocycles. The van der Waals surface area contributed by atoms with E-state index in [4.69, 9.17) is 11.6 Å². The Bertz CT molecular complexity index is 412. The summed E-state index contributed by atoms with van der Waals surface area (Å²) in [7, 11) is 0. The van der Waals surface area contributed by atoms with Crippen molar-refractivity contribution in [1.29, 1.82) is 0 Å². The molecule has 0 unspecified atom stereocenters. The lowest BCUT2D eigenvalue weighted by atomic mass is 10.0. The Labute approximate surface area is 120 Å². The first-order valence-corrected chi connectivity index (χ1v) is 7.13. The Morgan fingerprint density at radius 2 is 2.21 bits per heavy atom. The number of carbonyl (C=O) groups is 2. The molecule has 0 aliphatic carbocycles. The van der Waals surface area contributed by atoms with Gasteiger partial charge in [-0.1, -0.05) is 25.2 Å². The molecule has 0 saturated carbocycles. The van der Waals surface area contributed by atoms with E-state index in [0.29, 0.717) is 17.6 Å². The van der Waals surface area contributed by atoms with Crippen molar-refractivity contribution in [3.05, 3.63) is 5.51 Å². The molecule has 0 aliphatic rings. The lowest BCUT2D eigenvalue weighted by Gasteiger charge is -2.21. The van der Waals surface area contributed by atoms with Crippen molar-refractivity contribution in [1.82, 2.24) is 20.8 Å². The number of urea groups is 1. The number of hydrogen-bond acceptors (Lipinski definition) is 5. The number of hydrogen-bond donors (Lipinski definition) is 3. The number of carbonyl (C=O) groups excluding carboxylic acids is 2. The normalized spacial score (nSPS) is 12.0. The zero-order valence-electron chi connectivity index (χ0n) is 10.6. The molecule has 0 spiro atoms. The highest BCUT2D eigenvalue weighted by Gasteiger charge is 2.24. The number of alkyl halides is 1. The number of nitrogens with zero attached hydrogens (tertiary/aromatic N) is 2. The molecule has 19 heavy (non-hydrogen) atoms. The van der Waals surface area contributed by atoms with Crippen LogP contribution in [-0.4, -0.2) is 40.6 Å². The van der Waals surface area contributed by atoms with Gasteiger partial charge in [0.05, 0.1) is 0 Å². The first-order chi connectivity index (χ1) is 9.04. The molecule has 1 aromatic rings. The fourth-order valence-electron chi connectivity index (χ4n) is 1.30. The maximum absolute atomic E-state index is 12.0. The molecule has 9 heteroatoms. The molecule has 0 saturated heterocycles. The fraction of sp³-hybridized carbons (Fsp3) is 0.600. The van der Waals surface area contributed by atoms with Crippen molar-refractivity contribution >= 4 is 40.0 Å². The molecule has 7 nitrogen and oxygen atoms in total. The van der Waals surface area contributed by atoms with E-state index in [-0.39, 0.29) is 11.8 Å². The highest BCUT2D eigenvalue weighted by molar-refractivity contribution is 7.13. The standard InChI is InChI=1S/C10H16ClN5O2S/c1-6(2)7(14-9(18)12-4-3-11)8(17)15-10-16-13-5-19-10/h5-7H,3-4H2,1-2H3,(H2,12,14,18)(H,15,16,17)/t7-/m0/s1. The maximum atomic E-state index is 12.0. The van der Waals surface area contributed by atoms with Crippen LogP contribution in [-0.2, 0) is 4.79 Å². The third kappa shape index (κ3) is 5.39. The van der Waals surface area contributed by atoms with Crippen LogP contribution >= 0.6 is 22.9 Å².